The van der Waals surface area contributed by atoms with Gasteiger partial charge >= 0.3 is 5.97 Å². The highest BCUT2D eigenvalue weighted by molar-refractivity contribution is 5.75. The van der Waals surface area contributed by atoms with Crippen molar-refractivity contribution in [2.45, 2.75) is 44.9 Å². The Morgan fingerprint density at radius 1 is 1.47 bits per heavy atom. The number of nitrogens with one attached hydrogen (secondary N) is 1. The normalized spacial score (nSPS) is 22.0. The maximum Gasteiger partial charge on any atom is 0.322 e. The SMILES string of the molecule is COC(=O)[C@H](C)NC1CC(C)(C)Oc2ccccc21. The predicted octanol–water partition coefficient (Wildman–Crippen LogP) is 2.44. The first kappa shape index (κ1) is 13.9. The fraction of sp³-hybridized carbons (Fsp3) is 0.533. The Bertz CT molecular complexity index is 470. The summed E-state index contributed by atoms with van der Waals surface area (Å²) in [6, 6.07) is 7.70. The minimum Gasteiger partial charge on any atom is -0.487 e. The first-order valence-corrected chi connectivity index (χ1v) is 6.55. The summed E-state index contributed by atoms with van der Waals surface area (Å²) in [5.41, 5.74) is 0.847. The van der Waals surface area contributed by atoms with E-state index in [1.165, 1.54) is 7.11 Å². The van der Waals surface area contributed by atoms with Gasteiger partial charge in [0, 0.05) is 18.0 Å². The standard InChI is InChI=1S/C15H21NO3/c1-10(14(17)18-4)16-12-9-15(2,3)19-13-8-6-5-7-11(12)13/h5-8,10,12,16H,9H2,1-4H3/t10-,12?/m0/s1. The third-order valence-corrected chi connectivity index (χ3v) is 3.38. The van der Waals surface area contributed by atoms with Crippen LogP contribution in [0.1, 0.15) is 38.8 Å². The molecule has 104 valence electrons. The van der Waals surface area contributed by atoms with Gasteiger partial charge in [0.05, 0.1) is 7.11 Å². The van der Waals surface area contributed by atoms with Gasteiger partial charge < -0.3 is 9.47 Å². The quantitative estimate of drug-likeness (QED) is 0.851. The summed E-state index contributed by atoms with van der Waals surface area (Å²) in [6.45, 7) is 5.93. The van der Waals surface area contributed by atoms with Crippen molar-refractivity contribution in [3.8, 4) is 5.75 Å². The van der Waals surface area contributed by atoms with Gasteiger partial charge in [-0.2, -0.15) is 0 Å². The predicted molar refractivity (Wildman–Crippen MR) is 73.1 cm³/mol. The van der Waals surface area contributed by atoms with Crippen molar-refractivity contribution in [3.05, 3.63) is 29.8 Å². The van der Waals surface area contributed by atoms with Crippen molar-refractivity contribution in [2.24, 2.45) is 0 Å². The van der Waals surface area contributed by atoms with Crippen LogP contribution in [0.15, 0.2) is 24.3 Å². The average Bonchev–Trinajstić information content (AvgIpc) is 2.36. The van der Waals surface area contributed by atoms with Crippen LogP contribution in [0.2, 0.25) is 0 Å². The molecule has 19 heavy (non-hydrogen) atoms. The molecule has 0 spiro atoms. The van der Waals surface area contributed by atoms with Crippen LogP contribution in [0, 0.1) is 0 Å². The maximum atomic E-state index is 11.5. The minimum atomic E-state index is -0.336. The summed E-state index contributed by atoms with van der Waals surface area (Å²) in [5, 5.41) is 3.33. The van der Waals surface area contributed by atoms with E-state index >= 15 is 0 Å². The van der Waals surface area contributed by atoms with Crippen LogP contribution >= 0.6 is 0 Å². The van der Waals surface area contributed by atoms with Crippen molar-refractivity contribution in [3.63, 3.8) is 0 Å². The Balaban J connectivity index is 2.23. The number of esters is 1. The smallest absolute Gasteiger partial charge is 0.322 e. The molecule has 0 radical (unpaired) electrons. The van der Waals surface area contributed by atoms with E-state index in [-0.39, 0.29) is 23.7 Å². The number of hydrogen-bond donors (Lipinski definition) is 1. The highest BCUT2D eigenvalue weighted by atomic mass is 16.5. The van der Waals surface area contributed by atoms with Crippen LogP contribution in [0.3, 0.4) is 0 Å². The second kappa shape index (κ2) is 5.21. The molecule has 2 rings (SSSR count). The number of rotatable bonds is 3. The van der Waals surface area contributed by atoms with E-state index in [0.29, 0.717) is 0 Å². The summed E-state index contributed by atoms with van der Waals surface area (Å²) in [7, 11) is 1.41. The molecule has 1 aromatic rings. The Kier molecular flexibility index (Phi) is 3.80. The molecule has 0 bridgehead atoms. The van der Waals surface area contributed by atoms with Gasteiger partial charge in [-0.3, -0.25) is 10.1 Å². The lowest BCUT2D eigenvalue weighted by molar-refractivity contribution is -0.143. The number of para-hydroxylation sites is 1. The summed E-state index contributed by atoms with van der Waals surface area (Å²) < 4.78 is 10.7. The van der Waals surface area contributed by atoms with Crippen LogP contribution in [-0.2, 0) is 9.53 Å². The largest absolute Gasteiger partial charge is 0.487 e. The Morgan fingerprint density at radius 3 is 2.84 bits per heavy atom. The van der Waals surface area contributed by atoms with Gasteiger partial charge in [0.25, 0.3) is 0 Å². The van der Waals surface area contributed by atoms with E-state index in [1.807, 2.05) is 31.2 Å². The maximum absolute atomic E-state index is 11.5. The molecule has 1 aromatic carbocycles. The van der Waals surface area contributed by atoms with Crippen molar-refractivity contribution < 1.29 is 14.3 Å². The minimum absolute atomic E-state index is 0.0917. The number of benzene rings is 1. The zero-order valence-electron chi connectivity index (χ0n) is 11.9. The lowest BCUT2D eigenvalue weighted by Gasteiger charge is -2.38. The number of fused-ring (bicyclic) bond motifs is 1. The Morgan fingerprint density at radius 2 is 2.16 bits per heavy atom. The Labute approximate surface area is 114 Å². The molecule has 4 nitrogen and oxygen atoms in total. The van der Waals surface area contributed by atoms with Crippen LogP contribution < -0.4 is 10.1 Å². The molecule has 0 fully saturated rings. The molecule has 0 saturated carbocycles. The zero-order valence-corrected chi connectivity index (χ0v) is 11.9. The van der Waals surface area contributed by atoms with E-state index in [0.717, 1.165) is 17.7 Å². The topological polar surface area (TPSA) is 47.6 Å². The third kappa shape index (κ3) is 3.07. The summed E-state index contributed by atoms with van der Waals surface area (Å²) >= 11 is 0. The number of methoxy groups -OCH3 is 1. The van der Waals surface area contributed by atoms with Crippen LogP contribution in [0.25, 0.3) is 0 Å². The highest BCUT2D eigenvalue weighted by Gasteiger charge is 2.34. The molecule has 1 aliphatic rings. The molecule has 1 heterocycles. The van der Waals surface area contributed by atoms with E-state index in [2.05, 4.69) is 19.2 Å². The van der Waals surface area contributed by atoms with Crippen molar-refractivity contribution >= 4 is 5.97 Å². The molecular weight excluding hydrogens is 242 g/mol. The molecule has 4 heteroatoms. The van der Waals surface area contributed by atoms with Gasteiger partial charge in [0.1, 0.15) is 17.4 Å². The van der Waals surface area contributed by atoms with E-state index < -0.39 is 0 Å². The van der Waals surface area contributed by atoms with Crippen LogP contribution in [0.4, 0.5) is 0 Å². The van der Waals surface area contributed by atoms with Gasteiger partial charge in [-0.1, -0.05) is 18.2 Å². The van der Waals surface area contributed by atoms with Crippen LogP contribution in [-0.4, -0.2) is 24.7 Å². The monoisotopic (exact) mass is 263 g/mol. The van der Waals surface area contributed by atoms with Crippen molar-refractivity contribution in [2.75, 3.05) is 7.11 Å². The summed E-state index contributed by atoms with van der Waals surface area (Å²) in [6.07, 6.45) is 0.811. The van der Waals surface area contributed by atoms with E-state index in [1.54, 1.807) is 0 Å². The summed E-state index contributed by atoms with van der Waals surface area (Å²) in [4.78, 5) is 11.5. The molecule has 1 aliphatic heterocycles. The van der Waals surface area contributed by atoms with Crippen molar-refractivity contribution in [1.29, 1.82) is 0 Å². The third-order valence-electron chi connectivity index (χ3n) is 3.38. The highest BCUT2D eigenvalue weighted by Crippen LogP contribution is 2.39. The second-order valence-corrected chi connectivity index (χ2v) is 5.57. The molecule has 2 atom stereocenters. The zero-order chi connectivity index (χ0) is 14.0. The van der Waals surface area contributed by atoms with E-state index in [4.69, 9.17) is 9.47 Å². The lowest BCUT2D eigenvalue weighted by Crippen LogP contribution is -2.44. The summed E-state index contributed by atoms with van der Waals surface area (Å²) in [5.74, 6) is 0.634. The molecule has 1 unspecified atom stereocenters. The van der Waals surface area contributed by atoms with Crippen LogP contribution in [0.5, 0.6) is 5.75 Å². The molecule has 1 N–H and O–H groups in total. The van der Waals surface area contributed by atoms with Gasteiger partial charge in [-0.25, -0.2) is 0 Å². The molecular formula is C15H21NO3. The van der Waals surface area contributed by atoms with Gasteiger partial charge in [-0.05, 0) is 26.8 Å². The Hall–Kier alpha value is -1.55. The molecule has 0 saturated heterocycles. The number of ether oxygens (including phenoxy) is 2. The van der Waals surface area contributed by atoms with Gasteiger partial charge in [-0.15, -0.1) is 0 Å². The van der Waals surface area contributed by atoms with E-state index in [9.17, 15) is 4.79 Å². The first-order valence-electron chi connectivity index (χ1n) is 6.55. The molecule has 0 aliphatic carbocycles. The first-order chi connectivity index (χ1) is 8.93. The number of carbonyl (C=O) groups excluding carboxylic acids is 1. The lowest BCUT2D eigenvalue weighted by atomic mass is 9.89. The van der Waals surface area contributed by atoms with Gasteiger partial charge in [0.15, 0.2) is 0 Å². The van der Waals surface area contributed by atoms with Gasteiger partial charge in [0.2, 0.25) is 0 Å². The number of carbonyl (C=O) groups is 1. The molecule has 0 amide bonds. The second-order valence-electron chi connectivity index (χ2n) is 5.57. The fourth-order valence-electron chi connectivity index (χ4n) is 2.50. The fourth-order valence-corrected chi connectivity index (χ4v) is 2.50. The van der Waals surface area contributed by atoms with Crippen molar-refractivity contribution in [1.82, 2.24) is 5.32 Å². The molecule has 0 aromatic heterocycles. The average molecular weight is 263 g/mol. The number of hydrogen-bond acceptors (Lipinski definition) is 4.